The summed E-state index contributed by atoms with van der Waals surface area (Å²) in [7, 11) is -1.55. The Balaban J connectivity index is 2.02. The number of nitrogens with zero attached hydrogens (tertiary/aromatic N) is 3. The van der Waals surface area contributed by atoms with Crippen LogP contribution >= 0.6 is 0 Å². The summed E-state index contributed by atoms with van der Waals surface area (Å²) in [5, 5.41) is 6.78. The molecule has 0 spiro atoms. The highest BCUT2D eigenvalue weighted by atomic mass is 32.2. The summed E-state index contributed by atoms with van der Waals surface area (Å²) < 4.78 is 31.7. The first kappa shape index (κ1) is 15.9. The summed E-state index contributed by atoms with van der Waals surface area (Å²) in [5.74, 6) is -0.336. The van der Waals surface area contributed by atoms with Gasteiger partial charge in [-0.15, -0.1) is 0 Å². The maximum Gasteiger partial charge on any atom is 0.253 e. The molecule has 1 N–H and O–H groups in total. The largest absolute Gasteiger partial charge is 0.363 e. The maximum atomic E-state index is 12.3. The van der Waals surface area contributed by atoms with E-state index in [0.717, 1.165) is 11.9 Å². The van der Waals surface area contributed by atoms with Gasteiger partial charge in [-0.25, -0.2) is 8.42 Å². The van der Waals surface area contributed by atoms with Crippen molar-refractivity contribution in [3.63, 3.8) is 0 Å². The maximum absolute atomic E-state index is 12.3. The van der Waals surface area contributed by atoms with Crippen LogP contribution in [0.2, 0.25) is 0 Å². The number of hydrogen-bond donors (Lipinski definition) is 1. The average molecular weight is 316 g/mol. The van der Waals surface area contributed by atoms with E-state index in [9.17, 15) is 13.2 Å². The molecule has 1 aliphatic heterocycles. The fraction of sp³-hybridized carbons (Fsp3) is 0.667. The Kier molecular flexibility index (Phi) is 4.35. The predicted octanol–water partition coefficient (Wildman–Crippen LogP) is -0.913. The minimum absolute atomic E-state index is 0.0169. The van der Waals surface area contributed by atoms with Crippen LogP contribution in [0.4, 0.5) is 0 Å². The summed E-state index contributed by atoms with van der Waals surface area (Å²) in [4.78, 5) is 12.3. The summed E-state index contributed by atoms with van der Waals surface area (Å²) in [5.41, 5.74) is -0.331. The topological polar surface area (TPSA) is 93.5 Å². The first-order valence-electron chi connectivity index (χ1n) is 6.57. The van der Waals surface area contributed by atoms with Gasteiger partial charge < -0.3 is 10.1 Å². The third-order valence-corrected chi connectivity index (χ3v) is 4.79. The lowest BCUT2D eigenvalue weighted by atomic mass is 10.0. The number of morpholine rings is 1. The fourth-order valence-corrected chi connectivity index (χ4v) is 3.07. The van der Waals surface area contributed by atoms with E-state index in [1.165, 1.54) is 4.31 Å². The third-order valence-electron chi connectivity index (χ3n) is 3.54. The van der Waals surface area contributed by atoms with Gasteiger partial charge in [-0.3, -0.25) is 9.48 Å². The lowest BCUT2D eigenvalue weighted by molar-refractivity contribution is -0.152. The van der Waals surface area contributed by atoms with E-state index >= 15 is 0 Å². The molecule has 1 aromatic heterocycles. The van der Waals surface area contributed by atoms with Gasteiger partial charge in [0.1, 0.15) is 0 Å². The molecule has 118 valence electrons. The normalized spacial score (nSPS) is 24.0. The van der Waals surface area contributed by atoms with Crippen LogP contribution in [0.5, 0.6) is 0 Å². The molecule has 1 saturated heterocycles. The van der Waals surface area contributed by atoms with Crippen molar-refractivity contribution in [3.05, 3.63) is 18.0 Å². The monoisotopic (exact) mass is 316 g/mol. The molecule has 1 atom stereocenters. The van der Waals surface area contributed by atoms with Crippen molar-refractivity contribution in [1.82, 2.24) is 19.4 Å². The van der Waals surface area contributed by atoms with Gasteiger partial charge in [-0.1, -0.05) is 0 Å². The van der Waals surface area contributed by atoms with E-state index in [1.807, 2.05) is 0 Å². The number of carbonyl (C=O) groups is 1. The van der Waals surface area contributed by atoms with Crippen LogP contribution < -0.4 is 5.32 Å². The van der Waals surface area contributed by atoms with Crippen molar-refractivity contribution >= 4 is 15.9 Å². The molecule has 1 amide bonds. The zero-order valence-electron chi connectivity index (χ0n) is 12.4. The van der Waals surface area contributed by atoms with Crippen LogP contribution in [-0.4, -0.2) is 60.0 Å². The lowest BCUT2D eigenvalue weighted by Crippen LogP contribution is -2.59. The molecule has 0 aliphatic carbocycles. The minimum atomic E-state index is -3.34. The number of hydrogen-bond acceptors (Lipinski definition) is 5. The number of aromatic nitrogens is 2. The second kappa shape index (κ2) is 5.74. The highest BCUT2D eigenvalue weighted by Crippen LogP contribution is 2.20. The van der Waals surface area contributed by atoms with E-state index in [0.29, 0.717) is 6.54 Å². The predicted molar refractivity (Wildman–Crippen MR) is 75.8 cm³/mol. The zero-order valence-corrected chi connectivity index (χ0v) is 13.2. The van der Waals surface area contributed by atoms with E-state index in [4.69, 9.17) is 4.74 Å². The van der Waals surface area contributed by atoms with Crippen molar-refractivity contribution in [2.75, 3.05) is 26.0 Å². The van der Waals surface area contributed by atoms with Gasteiger partial charge in [0.25, 0.3) is 5.91 Å². The SMILES string of the molecule is Cn1nccc1CNC(=O)C1(C)CN(S(C)(=O)=O)CCO1. The number of rotatable bonds is 4. The first-order valence-corrected chi connectivity index (χ1v) is 8.41. The lowest BCUT2D eigenvalue weighted by Gasteiger charge is -2.37. The van der Waals surface area contributed by atoms with Crippen molar-refractivity contribution in [1.29, 1.82) is 0 Å². The fourth-order valence-electron chi connectivity index (χ4n) is 2.19. The highest BCUT2D eigenvalue weighted by Gasteiger charge is 2.41. The van der Waals surface area contributed by atoms with Gasteiger partial charge in [0.05, 0.1) is 31.6 Å². The molecular weight excluding hydrogens is 296 g/mol. The summed E-state index contributed by atoms with van der Waals surface area (Å²) in [6, 6.07) is 1.80. The molecule has 0 radical (unpaired) electrons. The minimum Gasteiger partial charge on any atom is -0.363 e. The third kappa shape index (κ3) is 3.60. The summed E-state index contributed by atoms with van der Waals surface area (Å²) in [6.45, 7) is 2.39. The number of sulfonamides is 1. The highest BCUT2D eigenvalue weighted by molar-refractivity contribution is 7.88. The van der Waals surface area contributed by atoms with Crippen LogP contribution in [0.25, 0.3) is 0 Å². The van der Waals surface area contributed by atoms with Crippen molar-refractivity contribution in [2.45, 2.75) is 19.1 Å². The van der Waals surface area contributed by atoms with Crippen molar-refractivity contribution in [2.24, 2.45) is 7.05 Å². The van der Waals surface area contributed by atoms with E-state index in [-0.39, 0.29) is 25.6 Å². The molecule has 1 aromatic rings. The van der Waals surface area contributed by atoms with Crippen LogP contribution in [-0.2, 0) is 33.1 Å². The molecule has 2 rings (SSSR count). The van der Waals surface area contributed by atoms with Gasteiger partial charge in [-0.2, -0.15) is 9.40 Å². The molecule has 0 bridgehead atoms. The number of amides is 1. The van der Waals surface area contributed by atoms with Crippen LogP contribution in [0, 0.1) is 0 Å². The Hall–Kier alpha value is -1.45. The molecule has 1 unspecified atom stereocenters. The standard InChI is InChI=1S/C12H20N4O4S/c1-12(9-16(6-7-20-12)21(3,18)19)11(17)13-8-10-4-5-14-15(10)2/h4-5H,6-9H2,1-3H3,(H,13,17). The number of carbonyl (C=O) groups excluding carboxylic acids is 1. The van der Waals surface area contributed by atoms with Gasteiger partial charge in [-0.05, 0) is 13.0 Å². The molecule has 1 aliphatic rings. The second-order valence-corrected chi connectivity index (χ2v) is 7.29. The van der Waals surface area contributed by atoms with E-state index in [1.54, 1.807) is 30.9 Å². The van der Waals surface area contributed by atoms with E-state index < -0.39 is 15.6 Å². The quantitative estimate of drug-likeness (QED) is 0.776. The molecule has 0 aromatic carbocycles. The Morgan fingerprint density at radius 2 is 2.29 bits per heavy atom. The average Bonchev–Trinajstić information content (AvgIpc) is 2.80. The molecule has 9 heteroatoms. The molecule has 1 fully saturated rings. The molecular formula is C12H20N4O4S. The number of ether oxygens (including phenoxy) is 1. The molecule has 0 saturated carbocycles. The molecule has 8 nitrogen and oxygen atoms in total. The molecule has 21 heavy (non-hydrogen) atoms. The Bertz CT molecular complexity index is 627. The zero-order chi connectivity index (χ0) is 15.7. The van der Waals surface area contributed by atoms with Gasteiger partial charge in [0.15, 0.2) is 5.60 Å². The first-order chi connectivity index (χ1) is 9.72. The van der Waals surface area contributed by atoms with E-state index in [2.05, 4.69) is 10.4 Å². The second-order valence-electron chi connectivity index (χ2n) is 5.30. The summed E-state index contributed by atoms with van der Waals surface area (Å²) >= 11 is 0. The Morgan fingerprint density at radius 1 is 1.57 bits per heavy atom. The van der Waals surface area contributed by atoms with Crippen LogP contribution in [0.1, 0.15) is 12.6 Å². The van der Waals surface area contributed by atoms with Gasteiger partial charge >= 0.3 is 0 Å². The molecule has 2 heterocycles. The summed E-state index contributed by atoms with van der Waals surface area (Å²) in [6.07, 6.45) is 2.78. The number of nitrogens with one attached hydrogen (secondary N) is 1. The van der Waals surface area contributed by atoms with Crippen molar-refractivity contribution < 1.29 is 17.9 Å². The Morgan fingerprint density at radius 3 is 2.86 bits per heavy atom. The Labute approximate surface area is 124 Å². The van der Waals surface area contributed by atoms with Crippen LogP contribution in [0.15, 0.2) is 12.3 Å². The van der Waals surface area contributed by atoms with Gasteiger partial charge in [0, 0.05) is 19.8 Å². The van der Waals surface area contributed by atoms with Crippen LogP contribution in [0.3, 0.4) is 0 Å². The number of aryl methyl sites for hydroxylation is 1. The smallest absolute Gasteiger partial charge is 0.253 e. The van der Waals surface area contributed by atoms with Crippen molar-refractivity contribution in [3.8, 4) is 0 Å². The van der Waals surface area contributed by atoms with Gasteiger partial charge in [0.2, 0.25) is 10.0 Å².